The minimum Gasteiger partial charge on any atom is -0.394 e. The van der Waals surface area contributed by atoms with Crippen LogP contribution in [-0.4, -0.2) is 9.78 Å². The third kappa shape index (κ3) is 2.36. The topological polar surface area (TPSA) is 55.9 Å². The van der Waals surface area contributed by atoms with Crippen molar-refractivity contribution >= 4 is 33.1 Å². The first-order valence-electron chi connectivity index (χ1n) is 5.89. The van der Waals surface area contributed by atoms with Crippen LogP contribution in [0.25, 0.3) is 0 Å². The van der Waals surface area contributed by atoms with Crippen LogP contribution in [-0.2, 0) is 6.54 Å². The summed E-state index contributed by atoms with van der Waals surface area (Å²) in [4.78, 5) is 0. The van der Waals surface area contributed by atoms with Crippen LogP contribution in [0.1, 0.15) is 18.2 Å². The Morgan fingerprint density at radius 3 is 2.72 bits per heavy atom. The lowest BCUT2D eigenvalue weighted by Crippen LogP contribution is -2.04. The van der Waals surface area contributed by atoms with Gasteiger partial charge in [-0.2, -0.15) is 5.10 Å². The number of nitrogens with two attached hydrogens (primary N) is 1. The van der Waals surface area contributed by atoms with Gasteiger partial charge in [-0.3, -0.25) is 0 Å². The fraction of sp³-hybridized carbons (Fsp3) is 0.308. The molecular weight excluding hydrogens is 292 g/mol. The minimum absolute atomic E-state index is 0.698. The molecule has 0 bridgehead atoms. The van der Waals surface area contributed by atoms with Crippen LogP contribution in [0.15, 0.2) is 22.7 Å². The monoisotopic (exact) mass is 308 g/mol. The third-order valence-electron chi connectivity index (χ3n) is 2.85. The van der Waals surface area contributed by atoms with E-state index in [2.05, 4.69) is 45.4 Å². The first kappa shape index (κ1) is 13.0. The van der Waals surface area contributed by atoms with E-state index in [1.54, 1.807) is 0 Å². The number of benzene rings is 1. The molecule has 0 amide bonds. The van der Waals surface area contributed by atoms with Crippen molar-refractivity contribution < 1.29 is 0 Å². The number of aromatic nitrogens is 2. The Kier molecular flexibility index (Phi) is 3.61. The lowest BCUT2D eigenvalue weighted by molar-refractivity contribution is 0.661. The molecule has 0 unspecified atom stereocenters. The first-order chi connectivity index (χ1) is 8.52. The summed E-state index contributed by atoms with van der Waals surface area (Å²) in [5.74, 6) is 0.847. The van der Waals surface area contributed by atoms with Gasteiger partial charge in [0, 0.05) is 11.0 Å². The minimum atomic E-state index is 0.698. The highest BCUT2D eigenvalue weighted by Gasteiger charge is 2.12. The summed E-state index contributed by atoms with van der Waals surface area (Å²) in [6.07, 6.45) is 0. The van der Waals surface area contributed by atoms with Gasteiger partial charge in [0.15, 0.2) is 5.82 Å². The number of rotatable bonds is 3. The lowest BCUT2D eigenvalue weighted by atomic mass is 10.2. The van der Waals surface area contributed by atoms with Crippen LogP contribution in [0, 0.1) is 13.8 Å². The van der Waals surface area contributed by atoms with Crippen molar-refractivity contribution in [1.29, 1.82) is 0 Å². The quantitative estimate of drug-likeness (QED) is 0.910. The molecule has 18 heavy (non-hydrogen) atoms. The van der Waals surface area contributed by atoms with E-state index < -0.39 is 0 Å². The van der Waals surface area contributed by atoms with Crippen molar-refractivity contribution in [1.82, 2.24) is 9.78 Å². The van der Waals surface area contributed by atoms with Gasteiger partial charge in [0.2, 0.25) is 0 Å². The molecule has 0 aliphatic rings. The summed E-state index contributed by atoms with van der Waals surface area (Å²) in [5.41, 5.74) is 9.79. The van der Waals surface area contributed by atoms with Crippen LogP contribution >= 0.6 is 15.9 Å². The smallest absolute Gasteiger partial charge is 0.152 e. The molecule has 0 radical (unpaired) electrons. The van der Waals surface area contributed by atoms with Crippen LogP contribution in [0.2, 0.25) is 0 Å². The van der Waals surface area contributed by atoms with E-state index in [0.29, 0.717) is 5.69 Å². The number of nitrogens with zero attached hydrogens (tertiary/aromatic N) is 2. The highest BCUT2D eigenvalue weighted by Crippen LogP contribution is 2.30. The van der Waals surface area contributed by atoms with Gasteiger partial charge in [0.05, 0.1) is 17.1 Å². The first-order valence-corrected chi connectivity index (χ1v) is 6.68. The summed E-state index contributed by atoms with van der Waals surface area (Å²) in [7, 11) is 0. The molecule has 3 N–H and O–H groups in total. The van der Waals surface area contributed by atoms with Crippen LogP contribution in [0.3, 0.4) is 0 Å². The summed E-state index contributed by atoms with van der Waals surface area (Å²) in [6, 6.07) is 6.15. The maximum atomic E-state index is 6.05. The van der Waals surface area contributed by atoms with Crippen molar-refractivity contribution in [2.45, 2.75) is 27.3 Å². The highest BCUT2D eigenvalue weighted by molar-refractivity contribution is 9.10. The van der Waals surface area contributed by atoms with E-state index in [9.17, 15) is 0 Å². The van der Waals surface area contributed by atoms with Gasteiger partial charge in [-0.05, 0) is 54.4 Å². The molecule has 5 heteroatoms. The Morgan fingerprint density at radius 1 is 1.39 bits per heavy atom. The molecule has 1 heterocycles. The van der Waals surface area contributed by atoms with E-state index in [1.807, 2.05) is 24.6 Å². The number of anilines is 3. The zero-order valence-electron chi connectivity index (χ0n) is 10.8. The predicted octanol–water partition coefficient (Wildman–Crippen LogP) is 3.61. The van der Waals surface area contributed by atoms with E-state index in [0.717, 1.165) is 28.2 Å². The molecule has 0 fully saturated rings. The second kappa shape index (κ2) is 5.02. The summed E-state index contributed by atoms with van der Waals surface area (Å²) >= 11 is 3.55. The maximum Gasteiger partial charge on any atom is 0.152 e. The second-order valence-electron chi connectivity index (χ2n) is 4.27. The Morgan fingerprint density at radius 2 is 2.11 bits per heavy atom. The number of hydrogen-bond donors (Lipinski definition) is 2. The normalized spacial score (nSPS) is 10.7. The van der Waals surface area contributed by atoms with Crippen molar-refractivity contribution in [3.63, 3.8) is 0 Å². The molecule has 1 aromatic carbocycles. The molecule has 0 spiro atoms. The van der Waals surface area contributed by atoms with Gasteiger partial charge in [-0.15, -0.1) is 0 Å². The van der Waals surface area contributed by atoms with Gasteiger partial charge in [0.25, 0.3) is 0 Å². The number of aryl methyl sites for hydroxylation is 3. The average molecular weight is 309 g/mol. The largest absolute Gasteiger partial charge is 0.394 e. The molecule has 4 nitrogen and oxygen atoms in total. The summed E-state index contributed by atoms with van der Waals surface area (Å²) < 4.78 is 2.89. The third-order valence-corrected chi connectivity index (χ3v) is 3.51. The number of nitrogen functional groups attached to an aromatic ring is 1. The van der Waals surface area contributed by atoms with E-state index in [4.69, 9.17) is 5.73 Å². The summed E-state index contributed by atoms with van der Waals surface area (Å²) in [5, 5.41) is 7.72. The number of hydrogen-bond acceptors (Lipinski definition) is 3. The fourth-order valence-electron chi connectivity index (χ4n) is 1.81. The molecule has 0 atom stereocenters. The zero-order chi connectivity index (χ0) is 13.3. The molecule has 0 aliphatic carbocycles. The predicted molar refractivity (Wildman–Crippen MR) is 79.2 cm³/mol. The Labute approximate surface area is 115 Å². The molecule has 0 aliphatic heterocycles. The van der Waals surface area contributed by atoms with Crippen LogP contribution in [0.5, 0.6) is 0 Å². The van der Waals surface area contributed by atoms with Crippen molar-refractivity contribution in [2.75, 3.05) is 11.1 Å². The maximum absolute atomic E-state index is 6.05. The Bertz CT molecular complexity index is 575. The average Bonchev–Trinajstić information content (AvgIpc) is 2.60. The van der Waals surface area contributed by atoms with Crippen molar-refractivity contribution in [3.05, 3.63) is 33.9 Å². The van der Waals surface area contributed by atoms with Gasteiger partial charge in [-0.25, -0.2) is 4.68 Å². The molecule has 2 aromatic rings. The lowest BCUT2D eigenvalue weighted by Gasteiger charge is -2.11. The van der Waals surface area contributed by atoms with E-state index in [1.165, 1.54) is 5.56 Å². The van der Waals surface area contributed by atoms with Crippen molar-refractivity contribution in [2.24, 2.45) is 0 Å². The van der Waals surface area contributed by atoms with E-state index in [-0.39, 0.29) is 0 Å². The molecule has 2 rings (SSSR count). The molecule has 1 aromatic heterocycles. The number of halogens is 1. The zero-order valence-corrected chi connectivity index (χ0v) is 12.4. The highest BCUT2D eigenvalue weighted by atomic mass is 79.9. The molecule has 0 saturated carbocycles. The standard InChI is InChI=1S/C13H17BrN4/c1-4-18-13(12(15)9(3)17-18)16-11-6-5-8(2)7-10(11)14/h5-7,16H,4,15H2,1-3H3. The van der Waals surface area contributed by atoms with Gasteiger partial charge < -0.3 is 11.1 Å². The SMILES string of the molecule is CCn1nc(C)c(N)c1Nc1ccc(C)cc1Br. The second-order valence-corrected chi connectivity index (χ2v) is 5.13. The van der Waals surface area contributed by atoms with Crippen LogP contribution < -0.4 is 11.1 Å². The van der Waals surface area contributed by atoms with Gasteiger partial charge >= 0.3 is 0 Å². The molecule has 96 valence electrons. The van der Waals surface area contributed by atoms with E-state index >= 15 is 0 Å². The molecular formula is C13H17BrN4. The Hall–Kier alpha value is -1.49. The van der Waals surface area contributed by atoms with Gasteiger partial charge in [0.1, 0.15) is 0 Å². The number of nitrogens with one attached hydrogen (secondary N) is 1. The van der Waals surface area contributed by atoms with Crippen molar-refractivity contribution in [3.8, 4) is 0 Å². The van der Waals surface area contributed by atoms with Gasteiger partial charge in [-0.1, -0.05) is 6.07 Å². The summed E-state index contributed by atoms with van der Waals surface area (Å²) in [6.45, 7) is 6.80. The fourth-order valence-corrected chi connectivity index (χ4v) is 2.40. The van der Waals surface area contributed by atoms with Crippen LogP contribution in [0.4, 0.5) is 17.2 Å². The Balaban J connectivity index is 2.39. The molecule has 0 saturated heterocycles.